The normalized spacial score (nSPS) is 22.6. The van der Waals surface area contributed by atoms with Gasteiger partial charge in [0.1, 0.15) is 12.1 Å². The lowest BCUT2D eigenvalue weighted by Crippen LogP contribution is -2.57. The van der Waals surface area contributed by atoms with E-state index < -0.39 is 59.1 Å². The van der Waals surface area contributed by atoms with Gasteiger partial charge in [-0.05, 0) is 6.42 Å². The Hall–Kier alpha value is -2.56. The van der Waals surface area contributed by atoms with E-state index >= 15 is 0 Å². The lowest BCUT2D eigenvalue weighted by atomic mass is 9.95. The van der Waals surface area contributed by atoms with Crippen molar-refractivity contribution in [1.82, 2.24) is 9.47 Å². The first-order valence-electron chi connectivity index (χ1n) is 7.67. The lowest BCUT2D eigenvalue weighted by Gasteiger charge is -2.45. The van der Waals surface area contributed by atoms with Crippen molar-refractivity contribution < 1.29 is 37.3 Å². The quantitative estimate of drug-likeness (QED) is 0.842. The van der Waals surface area contributed by atoms with Crippen LogP contribution in [0.3, 0.4) is 0 Å². The molecule has 0 unspecified atom stereocenters. The summed E-state index contributed by atoms with van der Waals surface area (Å²) < 4.78 is 50.3. The van der Waals surface area contributed by atoms with Gasteiger partial charge in [0.25, 0.3) is 5.91 Å². The zero-order chi connectivity index (χ0) is 19.2. The number of methoxy groups -OCH3 is 1. The van der Waals surface area contributed by atoms with Crippen molar-refractivity contribution in [3.63, 3.8) is 0 Å². The molecule has 2 aliphatic heterocycles. The van der Waals surface area contributed by atoms with Gasteiger partial charge in [0.05, 0.1) is 25.8 Å². The molecule has 1 N–H and O–H groups in total. The maximum atomic E-state index is 13.0. The maximum Gasteiger partial charge on any atom is 0.406 e. The van der Waals surface area contributed by atoms with Gasteiger partial charge in [-0.1, -0.05) is 0 Å². The van der Waals surface area contributed by atoms with E-state index in [2.05, 4.69) is 0 Å². The van der Waals surface area contributed by atoms with Gasteiger partial charge in [-0.25, -0.2) is 4.79 Å². The molecule has 0 aromatic carbocycles. The highest BCUT2D eigenvalue weighted by molar-refractivity contribution is 5.98. The molecule has 3 rings (SSSR count). The molecule has 0 spiro atoms. The average molecular weight is 376 g/mol. The molecule has 0 radical (unpaired) electrons. The van der Waals surface area contributed by atoms with Gasteiger partial charge < -0.3 is 24.0 Å². The zero-order valence-corrected chi connectivity index (χ0v) is 13.6. The van der Waals surface area contributed by atoms with E-state index in [1.165, 1.54) is 4.57 Å². The van der Waals surface area contributed by atoms with Crippen LogP contribution in [0.2, 0.25) is 0 Å². The van der Waals surface area contributed by atoms with Crippen molar-refractivity contribution in [3.05, 3.63) is 27.7 Å². The molecule has 0 bridgehead atoms. The molecule has 1 saturated heterocycles. The molecule has 1 aromatic heterocycles. The second-order valence-electron chi connectivity index (χ2n) is 6.01. The number of fused-ring (bicyclic) bond motifs is 3. The first kappa shape index (κ1) is 18.2. The van der Waals surface area contributed by atoms with Crippen LogP contribution in [0, 0.1) is 0 Å². The fourth-order valence-corrected chi connectivity index (χ4v) is 3.43. The molecule has 1 aromatic rings. The van der Waals surface area contributed by atoms with Crippen molar-refractivity contribution >= 4 is 11.9 Å². The van der Waals surface area contributed by atoms with E-state index in [1.807, 2.05) is 0 Å². The Morgan fingerprint density at radius 3 is 2.65 bits per heavy atom. The highest BCUT2D eigenvalue weighted by Crippen LogP contribution is 2.36. The van der Waals surface area contributed by atoms with Crippen LogP contribution in [0.15, 0.2) is 11.0 Å². The number of hydrogen-bond acceptors (Lipinski definition) is 5. The number of ether oxygens (including phenoxy) is 2. The number of rotatable bonds is 3. The standard InChI is InChI=1S/C15H15F3N2O6/c1-25-12-10-13(22)20(6-15(16,17)18)8-2-3-26-5-9(8)19(10)4-7(11(12)21)14(23)24/h4,8-9H,2-3,5-6H2,1H3,(H,23,24)/t8-,9-/m1/s1. The number of pyridine rings is 1. The number of halogens is 3. The van der Waals surface area contributed by atoms with Crippen LogP contribution in [-0.2, 0) is 4.74 Å². The van der Waals surface area contributed by atoms with Crippen LogP contribution >= 0.6 is 0 Å². The van der Waals surface area contributed by atoms with Gasteiger partial charge in [0.2, 0.25) is 5.43 Å². The third-order valence-electron chi connectivity index (χ3n) is 4.49. The number of hydrogen-bond donors (Lipinski definition) is 1. The largest absolute Gasteiger partial charge is 0.491 e. The summed E-state index contributed by atoms with van der Waals surface area (Å²) in [6, 6.07) is -1.59. The van der Waals surface area contributed by atoms with Crippen LogP contribution < -0.4 is 10.2 Å². The van der Waals surface area contributed by atoms with E-state index in [9.17, 15) is 32.7 Å². The van der Waals surface area contributed by atoms with Crippen LogP contribution in [0.4, 0.5) is 13.2 Å². The van der Waals surface area contributed by atoms with Crippen molar-refractivity contribution in [2.75, 3.05) is 26.9 Å². The number of amides is 1. The summed E-state index contributed by atoms with van der Waals surface area (Å²) >= 11 is 0. The number of carboxylic acids is 1. The molecule has 0 aliphatic carbocycles. The van der Waals surface area contributed by atoms with Crippen molar-refractivity contribution in [3.8, 4) is 5.75 Å². The van der Waals surface area contributed by atoms with E-state index in [1.54, 1.807) is 0 Å². The second-order valence-corrected chi connectivity index (χ2v) is 6.01. The first-order valence-corrected chi connectivity index (χ1v) is 7.67. The molecule has 11 heteroatoms. The molecule has 1 amide bonds. The molecule has 142 valence electrons. The van der Waals surface area contributed by atoms with Crippen molar-refractivity contribution in [2.45, 2.75) is 24.7 Å². The maximum absolute atomic E-state index is 13.0. The van der Waals surface area contributed by atoms with Crippen molar-refractivity contribution in [1.29, 1.82) is 0 Å². The number of carboxylic acid groups (broad SMARTS) is 1. The monoisotopic (exact) mass is 376 g/mol. The molecular formula is C15H15F3N2O6. The third-order valence-corrected chi connectivity index (χ3v) is 4.49. The molecule has 1 fully saturated rings. The van der Waals surface area contributed by atoms with Gasteiger partial charge in [-0.15, -0.1) is 0 Å². The molecule has 0 saturated carbocycles. The third kappa shape index (κ3) is 2.91. The second kappa shape index (κ2) is 6.31. The first-order chi connectivity index (χ1) is 12.2. The SMILES string of the molecule is COc1c2n(cc(C(=O)O)c1=O)[C@@H]1COCC[C@H]1N(CC(F)(F)F)C2=O. The van der Waals surface area contributed by atoms with Gasteiger partial charge in [-0.3, -0.25) is 9.59 Å². The fourth-order valence-electron chi connectivity index (χ4n) is 3.43. The van der Waals surface area contributed by atoms with Gasteiger partial charge in [0, 0.05) is 12.8 Å². The summed E-state index contributed by atoms with van der Waals surface area (Å²) in [5, 5.41) is 9.21. The zero-order valence-electron chi connectivity index (χ0n) is 13.6. The Kier molecular flexibility index (Phi) is 4.42. The summed E-state index contributed by atoms with van der Waals surface area (Å²) in [5.41, 5.74) is -2.10. The minimum absolute atomic E-state index is 0.0234. The number of carbonyl (C=O) groups is 2. The van der Waals surface area contributed by atoms with Crippen LogP contribution in [0.25, 0.3) is 0 Å². The molecule has 26 heavy (non-hydrogen) atoms. The Morgan fingerprint density at radius 2 is 2.08 bits per heavy atom. The van der Waals surface area contributed by atoms with Crippen LogP contribution in [-0.4, -0.2) is 65.5 Å². The Morgan fingerprint density at radius 1 is 1.38 bits per heavy atom. The molecule has 8 nitrogen and oxygen atoms in total. The number of nitrogens with zero attached hydrogens (tertiary/aromatic N) is 2. The van der Waals surface area contributed by atoms with Crippen LogP contribution in [0.1, 0.15) is 33.3 Å². The molecule has 2 atom stereocenters. The predicted octanol–water partition coefficient (Wildman–Crippen LogP) is 0.903. The fraction of sp³-hybridized carbons (Fsp3) is 0.533. The van der Waals surface area contributed by atoms with Gasteiger partial charge in [-0.2, -0.15) is 13.2 Å². The Bertz CT molecular complexity index is 819. The van der Waals surface area contributed by atoms with Crippen LogP contribution in [0.5, 0.6) is 5.75 Å². The summed E-state index contributed by atoms with van der Waals surface area (Å²) in [7, 11) is 1.05. The van der Waals surface area contributed by atoms with E-state index in [0.717, 1.165) is 13.3 Å². The topological polar surface area (TPSA) is 98.1 Å². The smallest absolute Gasteiger partial charge is 0.406 e. The van der Waals surface area contributed by atoms with Gasteiger partial charge >= 0.3 is 12.1 Å². The average Bonchev–Trinajstić information content (AvgIpc) is 2.57. The molecule has 3 heterocycles. The minimum Gasteiger partial charge on any atom is -0.491 e. The molecular weight excluding hydrogens is 361 g/mol. The number of alkyl halides is 3. The van der Waals surface area contributed by atoms with E-state index in [0.29, 0.717) is 4.90 Å². The van der Waals surface area contributed by atoms with E-state index in [-0.39, 0.29) is 19.6 Å². The Balaban J connectivity index is 2.24. The van der Waals surface area contributed by atoms with E-state index in [4.69, 9.17) is 9.47 Å². The Labute approximate surface area is 144 Å². The summed E-state index contributed by atoms with van der Waals surface area (Å²) in [4.78, 5) is 37.0. The van der Waals surface area contributed by atoms with Gasteiger partial charge in [0.15, 0.2) is 11.4 Å². The number of carbonyl (C=O) groups excluding carboxylic acids is 1. The summed E-state index contributed by atoms with van der Waals surface area (Å²) in [6.07, 6.45) is -3.50. The number of aromatic carboxylic acids is 1. The predicted molar refractivity (Wildman–Crippen MR) is 79.6 cm³/mol. The lowest BCUT2D eigenvalue weighted by molar-refractivity contribution is -0.152. The highest BCUT2D eigenvalue weighted by atomic mass is 19.4. The molecule has 2 aliphatic rings. The van der Waals surface area contributed by atoms with Crippen molar-refractivity contribution in [2.24, 2.45) is 0 Å². The highest BCUT2D eigenvalue weighted by Gasteiger charge is 2.47. The number of aromatic nitrogens is 1. The summed E-state index contributed by atoms with van der Waals surface area (Å²) in [5.74, 6) is -3.15. The summed E-state index contributed by atoms with van der Waals surface area (Å²) in [6.45, 7) is -1.34. The minimum atomic E-state index is -4.63.